The standard InChI is InChI=1S/C25H23ClFNO6/c1-31-19-11-14(10-16(26)23(19)33-12-13-6-8-15(27)9-7-13)20-21-17(29)4-3-5-18(21)34-24(28)22(20)25(30)32-2/h6-11,20H,3-5,12,28H2,1-2H3/t20-/m1/s1. The van der Waals surface area contributed by atoms with Gasteiger partial charge in [0.15, 0.2) is 17.3 Å². The predicted molar refractivity (Wildman–Crippen MR) is 122 cm³/mol. The van der Waals surface area contributed by atoms with E-state index in [9.17, 15) is 14.0 Å². The smallest absolute Gasteiger partial charge is 0.340 e. The Morgan fingerprint density at radius 1 is 1.21 bits per heavy atom. The lowest BCUT2D eigenvalue weighted by molar-refractivity contribution is -0.136. The highest BCUT2D eigenvalue weighted by Gasteiger charge is 2.41. The number of hydrogen-bond acceptors (Lipinski definition) is 7. The van der Waals surface area contributed by atoms with E-state index in [4.69, 9.17) is 36.3 Å². The summed E-state index contributed by atoms with van der Waals surface area (Å²) in [5.74, 6) is -1.13. The van der Waals surface area contributed by atoms with E-state index < -0.39 is 11.9 Å². The monoisotopic (exact) mass is 487 g/mol. The second-order valence-corrected chi connectivity index (χ2v) is 8.27. The van der Waals surface area contributed by atoms with Gasteiger partial charge in [0.1, 0.15) is 23.8 Å². The molecule has 2 aliphatic rings. The lowest BCUT2D eigenvalue weighted by atomic mass is 9.77. The molecule has 1 aliphatic heterocycles. The Labute approximate surface area is 200 Å². The second kappa shape index (κ2) is 9.77. The number of nitrogens with two attached hydrogens (primary N) is 1. The van der Waals surface area contributed by atoms with Gasteiger partial charge in [-0.05, 0) is 41.8 Å². The highest BCUT2D eigenvalue weighted by atomic mass is 35.5. The van der Waals surface area contributed by atoms with Crippen molar-refractivity contribution >= 4 is 23.4 Å². The molecule has 0 unspecified atom stereocenters. The number of esters is 1. The minimum atomic E-state index is -0.832. The van der Waals surface area contributed by atoms with Crippen LogP contribution in [0.2, 0.25) is 5.02 Å². The van der Waals surface area contributed by atoms with Gasteiger partial charge in [0, 0.05) is 18.4 Å². The van der Waals surface area contributed by atoms with Gasteiger partial charge in [0.2, 0.25) is 5.88 Å². The number of allylic oxidation sites excluding steroid dienone is 2. The molecule has 178 valence electrons. The van der Waals surface area contributed by atoms with Gasteiger partial charge in [-0.1, -0.05) is 23.7 Å². The maximum atomic E-state index is 13.2. The average molecular weight is 488 g/mol. The fraction of sp³-hybridized carbons (Fsp3) is 0.280. The van der Waals surface area contributed by atoms with Crippen LogP contribution in [0.15, 0.2) is 59.2 Å². The molecule has 0 bridgehead atoms. The number of carbonyl (C=O) groups excluding carboxylic acids is 2. The Morgan fingerprint density at radius 2 is 1.94 bits per heavy atom. The fourth-order valence-corrected chi connectivity index (χ4v) is 4.45. The summed E-state index contributed by atoms with van der Waals surface area (Å²) in [7, 11) is 2.68. The van der Waals surface area contributed by atoms with E-state index in [0.29, 0.717) is 41.9 Å². The van der Waals surface area contributed by atoms with Crippen molar-refractivity contribution in [3.8, 4) is 11.5 Å². The van der Waals surface area contributed by atoms with Crippen LogP contribution in [-0.2, 0) is 25.7 Å². The van der Waals surface area contributed by atoms with Gasteiger partial charge in [-0.3, -0.25) is 4.79 Å². The lowest BCUT2D eigenvalue weighted by Crippen LogP contribution is -2.31. The Kier molecular flexibility index (Phi) is 6.79. The number of Topliss-reactive ketones (excluding diaryl/α,β-unsaturated/α-hetero) is 1. The Morgan fingerprint density at radius 3 is 2.62 bits per heavy atom. The van der Waals surface area contributed by atoms with Gasteiger partial charge in [-0.15, -0.1) is 0 Å². The molecule has 0 saturated heterocycles. The minimum absolute atomic E-state index is 0.0228. The van der Waals surface area contributed by atoms with Crippen molar-refractivity contribution in [3.63, 3.8) is 0 Å². The molecule has 4 rings (SSSR count). The summed E-state index contributed by atoms with van der Waals surface area (Å²) in [5, 5.41) is 0.205. The van der Waals surface area contributed by atoms with Crippen LogP contribution in [0.1, 0.15) is 36.3 Å². The maximum absolute atomic E-state index is 13.2. The van der Waals surface area contributed by atoms with Crippen molar-refractivity contribution in [3.05, 3.63) is 81.2 Å². The molecule has 1 heterocycles. The van der Waals surface area contributed by atoms with E-state index in [1.165, 1.54) is 26.4 Å². The molecule has 0 amide bonds. The molecule has 34 heavy (non-hydrogen) atoms. The molecular weight excluding hydrogens is 465 g/mol. The fourth-order valence-electron chi connectivity index (χ4n) is 4.18. The minimum Gasteiger partial charge on any atom is -0.493 e. The Balaban J connectivity index is 1.76. The van der Waals surface area contributed by atoms with Crippen molar-refractivity contribution in [2.75, 3.05) is 14.2 Å². The van der Waals surface area contributed by atoms with Crippen molar-refractivity contribution in [1.82, 2.24) is 0 Å². The molecule has 1 atom stereocenters. The number of ether oxygens (including phenoxy) is 4. The topological polar surface area (TPSA) is 97.1 Å². The quantitative estimate of drug-likeness (QED) is 0.598. The van der Waals surface area contributed by atoms with Crippen LogP contribution < -0.4 is 15.2 Å². The van der Waals surface area contributed by atoms with E-state index in [1.807, 2.05) is 0 Å². The number of ketones is 1. The van der Waals surface area contributed by atoms with Crippen LogP contribution in [0.25, 0.3) is 0 Å². The highest BCUT2D eigenvalue weighted by Crippen LogP contribution is 2.47. The number of rotatable bonds is 6. The SMILES string of the molecule is COC(=O)C1=C(N)OC2=C(C(=O)CCC2)[C@H]1c1cc(Cl)c(OCc2ccc(F)cc2)c(OC)c1. The first-order valence-electron chi connectivity index (χ1n) is 10.6. The number of hydrogen-bond donors (Lipinski definition) is 1. The van der Waals surface area contributed by atoms with Gasteiger partial charge in [-0.25, -0.2) is 9.18 Å². The second-order valence-electron chi connectivity index (χ2n) is 7.87. The molecule has 2 N–H and O–H groups in total. The first-order chi connectivity index (χ1) is 16.3. The van der Waals surface area contributed by atoms with Crippen molar-refractivity contribution in [2.24, 2.45) is 5.73 Å². The average Bonchev–Trinajstić information content (AvgIpc) is 2.82. The zero-order chi connectivity index (χ0) is 24.4. The van der Waals surface area contributed by atoms with Crippen LogP contribution in [0, 0.1) is 5.82 Å². The lowest BCUT2D eigenvalue weighted by Gasteiger charge is -2.32. The third-order valence-electron chi connectivity index (χ3n) is 5.77. The zero-order valence-electron chi connectivity index (χ0n) is 18.7. The molecular formula is C25H23ClFNO6. The summed E-state index contributed by atoms with van der Waals surface area (Å²) in [5.41, 5.74) is 7.72. The van der Waals surface area contributed by atoms with Crippen LogP contribution in [0.4, 0.5) is 4.39 Å². The molecule has 7 nitrogen and oxygen atoms in total. The van der Waals surface area contributed by atoms with Crippen molar-refractivity contribution in [1.29, 1.82) is 0 Å². The Hall–Kier alpha value is -3.52. The predicted octanol–water partition coefficient (Wildman–Crippen LogP) is 4.53. The van der Waals surface area contributed by atoms with E-state index in [1.54, 1.807) is 24.3 Å². The third-order valence-corrected chi connectivity index (χ3v) is 6.05. The highest BCUT2D eigenvalue weighted by molar-refractivity contribution is 6.32. The van der Waals surface area contributed by atoms with Crippen LogP contribution in [-0.4, -0.2) is 26.0 Å². The van der Waals surface area contributed by atoms with E-state index in [2.05, 4.69) is 0 Å². The molecule has 0 fully saturated rings. The van der Waals surface area contributed by atoms with Crippen LogP contribution in [0.5, 0.6) is 11.5 Å². The molecule has 0 radical (unpaired) electrons. The zero-order valence-corrected chi connectivity index (χ0v) is 19.4. The maximum Gasteiger partial charge on any atom is 0.340 e. The summed E-state index contributed by atoms with van der Waals surface area (Å²) in [6.07, 6.45) is 1.48. The van der Waals surface area contributed by atoms with E-state index in [-0.39, 0.29) is 40.4 Å². The summed E-state index contributed by atoms with van der Waals surface area (Å²) >= 11 is 6.57. The van der Waals surface area contributed by atoms with Crippen LogP contribution in [0.3, 0.4) is 0 Å². The van der Waals surface area contributed by atoms with Gasteiger partial charge in [0.05, 0.1) is 25.2 Å². The van der Waals surface area contributed by atoms with Gasteiger partial charge < -0.3 is 24.7 Å². The number of benzene rings is 2. The summed E-state index contributed by atoms with van der Waals surface area (Å²) < 4.78 is 35.1. The molecule has 2 aromatic rings. The number of methoxy groups -OCH3 is 2. The normalized spacial score (nSPS) is 17.8. The summed E-state index contributed by atoms with van der Waals surface area (Å²) in [6.45, 7) is 0.126. The van der Waals surface area contributed by atoms with Crippen molar-refractivity contribution in [2.45, 2.75) is 31.8 Å². The molecule has 0 spiro atoms. The van der Waals surface area contributed by atoms with Crippen LogP contribution >= 0.6 is 11.6 Å². The first kappa shape index (κ1) is 23.6. The summed E-state index contributed by atoms with van der Waals surface area (Å²) in [4.78, 5) is 25.5. The molecule has 9 heteroatoms. The molecule has 2 aromatic carbocycles. The Bertz CT molecular complexity index is 1200. The van der Waals surface area contributed by atoms with Gasteiger partial charge in [0.25, 0.3) is 0 Å². The molecule has 1 aliphatic carbocycles. The molecule has 0 aromatic heterocycles. The van der Waals surface area contributed by atoms with E-state index in [0.717, 1.165) is 5.56 Å². The van der Waals surface area contributed by atoms with E-state index >= 15 is 0 Å². The number of halogens is 2. The van der Waals surface area contributed by atoms with Gasteiger partial charge in [-0.2, -0.15) is 0 Å². The van der Waals surface area contributed by atoms with Gasteiger partial charge >= 0.3 is 5.97 Å². The molecule has 0 saturated carbocycles. The summed E-state index contributed by atoms with van der Waals surface area (Å²) in [6, 6.07) is 9.12. The first-order valence-corrected chi connectivity index (χ1v) is 11.0. The largest absolute Gasteiger partial charge is 0.493 e. The number of carbonyl (C=O) groups is 2. The third kappa shape index (κ3) is 4.46. The van der Waals surface area contributed by atoms with Crippen molar-refractivity contribution < 1.29 is 32.9 Å².